The number of rotatable bonds is 7. The second-order valence-corrected chi connectivity index (χ2v) is 4.58. The van der Waals surface area contributed by atoms with Crippen LogP contribution in [0.5, 0.6) is 0 Å². The minimum absolute atomic E-state index is 0.140. The van der Waals surface area contributed by atoms with E-state index in [2.05, 4.69) is 18.8 Å². The summed E-state index contributed by atoms with van der Waals surface area (Å²) in [6, 6.07) is 5.66. The van der Waals surface area contributed by atoms with Crippen LogP contribution in [0.2, 0.25) is 0 Å². The van der Waals surface area contributed by atoms with Crippen molar-refractivity contribution in [1.29, 1.82) is 0 Å². The summed E-state index contributed by atoms with van der Waals surface area (Å²) < 4.78 is 37.9. The first-order valence-corrected chi connectivity index (χ1v) is 6.47. The van der Waals surface area contributed by atoms with E-state index in [1.807, 2.05) is 0 Å². The minimum Gasteiger partial charge on any atom is -0.313 e. The Morgan fingerprint density at radius 1 is 1.37 bits per heavy atom. The molecule has 0 saturated carbocycles. The number of hydrogen-bond donors (Lipinski definition) is 1. The van der Waals surface area contributed by atoms with Crippen LogP contribution in [0.15, 0.2) is 36.9 Å². The summed E-state index contributed by atoms with van der Waals surface area (Å²) in [5.74, 6) is 0. The van der Waals surface area contributed by atoms with Gasteiger partial charge in [-0.25, -0.2) is 0 Å². The molecule has 1 aromatic rings. The van der Waals surface area contributed by atoms with Crippen LogP contribution in [-0.2, 0) is 12.6 Å². The molecule has 0 amide bonds. The fraction of sp³-hybridized carbons (Fsp3) is 0.467. The molecule has 19 heavy (non-hydrogen) atoms. The van der Waals surface area contributed by atoms with Crippen molar-refractivity contribution in [3.63, 3.8) is 0 Å². The van der Waals surface area contributed by atoms with Crippen LogP contribution in [0.1, 0.15) is 30.9 Å². The lowest BCUT2D eigenvalue weighted by Crippen LogP contribution is -2.31. The lowest BCUT2D eigenvalue weighted by molar-refractivity contribution is -0.137. The molecular formula is C15H20F3N. The minimum atomic E-state index is -4.28. The monoisotopic (exact) mass is 271 g/mol. The Kier molecular flexibility index (Phi) is 6.09. The van der Waals surface area contributed by atoms with Crippen LogP contribution >= 0.6 is 0 Å². The third-order valence-electron chi connectivity index (χ3n) is 2.87. The highest BCUT2D eigenvalue weighted by Gasteiger charge is 2.30. The Morgan fingerprint density at radius 3 is 2.68 bits per heavy atom. The fourth-order valence-corrected chi connectivity index (χ4v) is 1.95. The smallest absolute Gasteiger partial charge is 0.313 e. The maximum atomic E-state index is 12.6. The van der Waals surface area contributed by atoms with Crippen molar-refractivity contribution in [2.75, 3.05) is 6.54 Å². The second kappa shape index (κ2) is 7.34. The Labute approximate surface area is 112 Å². The molecule has 0 aromatic heterocycles. The van der Waals surface area contributed by atoms with E-state index < -0.39 is 11.7 Å². The van der Waals surface area contributed by atoms with Gasteiger partial charge in [-0.3, -0.25) is 0 Å². The molecule has 1 aromatic carbocycles. The summed E-state index contributed by atoms with van der Waals surface area (Å²) >= 11 is 0. The van der Waals surface area contributed by atoms with E-state index in [4.69, 9.17) is 0 Å². The molecular weight excluding hydrogens is 251 g/mol. The summed E-state index contributed by atoms with van der Waals surface area (Å²) in [6.45, 7) is 6.60. The van der Waals surface area contributed by atoms with Gasteiger partial charge in [0.1, 0.15) is 0 Å². The van der Waals surface area contributed by atoms with Crippen LogP contribution in [0.3, 0.4) is 0 Å². The van der Waals surface area contributed by atoms with Crippen molar-refractivity contribution >= 4 is 0 Å². The zero-order chi connectivity index (χ0) is 14.3. The predicted molar refractivity (Wildman–Crippen MR) is 72.0 cm³/mol. The molecule has 106 valence electrons. The van der Waals surface area contributed by atoms with Gasteiger partial charge in [-0.05, 0) is 37.4 Å². The predicted octanol–water partition coefficient (Wildman–Crippen LogP) is 4.19. The normalized spacial score (nSPS) is 13.3. The second-order valence-electron chi connectivity index (χ2n) is 4.58. The topological polar surface area (TPSA) is 12.0 Å². The summed E-state index contributed by atoms with van der Waals surface area (Å²) in [6.07, 6.45) is -0.163. The average Bonchev–Trinajstić information content (AvgIpc) is 2.35. The largest absolute Gasteiger partial charge is 0.416 e. The first-order valence-electron chi connectivity index (χ1n) is 6.47. The summed E-state index contributed by atoms with van der Waals surface area (Å²) in [5, 5.41) is 3.32. The molecule has 1 atom stereocenters. The molecule has 0 radical (unpaired) electrons. The zero-order valence-corrected chi connectivity index (χ0v) is 11.1. The molecule has 0 fully saturated rings. The van der Waals surface area contributed by atoms with Crippen molar-refractivity contribution < 1.29 is 13.2 Å². The molecule has 0 spiro atoms. The van der Waals surface area contributed by atoms with Gasteiger partial charge in [0.2, 0.25) is 0 Å². The van der Waals surface area contributed by atoms with Crippen LogP contribution in [-0.4, -0.2) is 12.6 Å². The highest BCUT2D eigenvalue weighted by atomic mass is 19.4. The summed E-state index contributed by atoms with van der Waals surface area (Å²) in [5.41, 5.74) is 0.114. The first-order chi connectivity index (χ1) is 8.97. The Balaban J connectivity index is 2.75. The maximum Gasteiger partial charge on any atom is 0.416 e. The highest BCUT2D eigenvalue weighted by molar-refractivity contribution is 5.26. The number of hydrogen-bond acceptors (Lipinski definition) is 1. The van der Waals surface area contributed by atoms with Gasteiger partial charge in [0, 0.05) is 6.04 Å². The van der Waals surface area contributed by atoms with Crippen molar-refractivity contribution in [2.24, 2.45) is 0 Å². The van der Waals surface area contributed by atoms with Gasteiger partial charge in [0.15, 0.2) is 0 Å². The Hall–Kier alpha value is -1.29. The van der Waals surface area contributed by atoms with Crippen LogP contribution < -0.4 is 5.32 Å². The average molecular weight is 271 g/mol. The lowest BCUT2D eigenvalue weighted by atomic mass is 10.0. The number of halogens is 3. The van der Waals surface area contributed by atoms with Crippen molar-refractivity contribution in [2.45, 2.75) is 38.4 Å². The third-order valence-corrected chi connectivity index (χ3v) is 2.87. The van der Waals surface area contributed by atoms with E-state index in [1.165, 1.54) is 12.1 Å². The standard InChI is InChI=1S/C15H20F3N/c1-3-6-14(19-9-4-2)11-12-7-5-8-13(10-12)15(16,17)18/h3,5,7-8,10,14,19H,1,4,6,9,11H2,2H3. The summed E-state index contributed by atoms with van der Waals surface area (Å²) in [4.78, 5) is 0. The quantitative estimate of drug-likeness (QED) is 0.733. The molecule has 1 unspecified atom stereocenters. The van der Waals surface area contributed by atoms with Crippen LogP contribution in [0.25, 0.3) is 0 Å². The number of alkyl halides is 3. The maximum absolute atomic E-state index is 12.6. The first kappa shape index (κ1) is 15.8. The molecule has 0 saturated heterocycles. The fourth-order valence-electron chi connectivity index (χ4n) is 1.95. The van der Waals surface area contributed by atoms with Crippen LogP contribution in [0.4, 0.5) is 13.2 Å². The zero-order valence-electron chi connectivity index (χ0n) is 11.1. The lowest BCUT2D eigenvalue weighted by Gasteiger charge is -2.17. The Bertz CT molecular complexity index is 399. The number of nitrogens with one attached hydrogen (secondary N) is 1. The Morgan fingerprint density at radius 2 is 2.11 bits per heavy atom. The van der Waals surface area contributed by atoms with Gasteiger partial charge >= 0.3 is 6.18 Å². The molecule has 4 heteroatoms. The van der Waals surface area contributed by atoms with E-state index in [9.17, 15) is 13.2 Å². The van der Waals surface area contributed by atoms with Gasteiger partial charge in [0.05, 0.1) is 5.56 Å². The third kappa shape index (κ3) is 5.47. The van der Waals surface area contributed by atoms with Gasteiger partial charge in [-0.15, -0.1) is 6.58 Å². The van der Waals surface area contributed by atoms with E-state index in [-0.39, 0.29) is 6.04 Å². The molecule has 0 aliphatic rings. The van der Waals surface area contributed by atoms with E-state index in [1.54, 1.807) is 12.1 Å². The molecule has 0 aliphatic carbocycles. The van der Waals surface area contributed by atoms with Gasteiger partial charge in [-0.1, -0.05) is 31.2 Å². The van der Waals surface area contributed by atoms with Crippen molar-refractivity contribution in [3.8, 4) is 0 Å². The van der Waals surface area contributed by atoms with Crippen LogP contribution in [0, 0.1) is 0 Å². The molecule has 0 heterocycles. The molecule has 0 aliphatic heterocycles. The van der Waals surface area contributed by atoms with E-state index in [0.717, 1.165) is 25.5 Å². The summed E-state index contributed by atoms with van der Waals surface area (Å²) in [7, 11) is 0. The van der Waals surface area contributed by atoms with E-state index in [0.29, 0.717) is 12.0 Å². The van der Waals surface area contributed by atoms with Gasteiger partial charge in [-0.2, -0.15) is 13.2 Å². The van der Waals surface area contributed by atoms with Gasteiger partial charge < -0.3 is 5.32 Å². The van der Waals surface area contributed by atoms with Crippen molar-refractivity contribution in [1.82, 2.24) is 5.32 Å². The molecule has 1 rings (SSSR count). The van der Waals surface area contributed by atoms with Gasteiger partial charge in [0.25, 0.3) is 0 Å². The molecule has 1 nitrogen and oxygen atoms in total. The number of benzene rings is 1. The molecule has 1 N–H and O–H groups in total. The van der Waals surface area contributed by atoms with Crippen molar-refractivity contribution in [3.05, 3.63) is 48.0 Å². The SMILES string of the molecule is C=CCC(Cc1cccc(C(F)(F)F)c1)NCCC. The highest BCUT2D eigenvalue weighted by Crippen LogP contribution is 2.29. The molecule has 0 bridgehead atoms. The van der Waals surface area contributed by atoms with E-state index >= 15 is 0 Å².